The SMILES string of the molecule is C[Si](C)(C)C#CCCCC=O.C[Si](C)(C)C#CCCCCO. The third kappa shape index (κ3) is 27.5. The summed E-state index contributed by atoms with van der Waals surface area (Å²) in [4.78, 5) is 9.93. The Morgan fingerprint density at radius 2 is 1.27 bits per heavy atom. The molecule has 0 spiro atoms. The fourth-order valence-electron chi connectivity index (χ4n) is 1.25. The number of hydrogen-bond acceptors (Lipinski definition) is 2. The van der Waals surface area contributed by atoms with E-state index in [1.807, 2.05) is 0 Å². The molecule has 0 saturated heterocycles. The lowest BCUT2D eigenvalue weighted by Gasteiger charge is -2.02. The summed E-state index contributed by atoms with van der Waals surface area (Å²) in [7, 11) is -2.31. The highest BCUT2D eigenvalue weighted by atomic mass is 28.3. The molecule has 22 heavy (non-hydrogen) atoms. The Kier molecular flexibility index (Phi) is 14.7. The van der Waals surface area contributed by atoms with E-state index >= 15 is 0 Å². The van der Waals surface area contributed by atoms with Gasteiger partial charge in [0.2, 0.25) is 0 Å². The van der Waals surface area contributed by atoms with E-state index in [2.05, 4.69) is 62.2 Å². The van der Waals surface area contributed by atoms with Crippen molar-refractivity contribution in [3.8, 4) is 22.9 Å². The highest BCUT2D eigenvalue weighted by molar-refractivity contribution is 6.84. The molecule has 0 aliphatic heterocycles. The molecule has 0 radical (unpaired) electrons. The van der Waals surface area contributed by atoms with E-state index in [0.29, 0.717) is 13.0 Å². The second-order valence-corrected chi connectivity index (χ2v) is 16.8. The largest absolute Gasteiger partial charge is 0.396 e. The Hall–Kier alpha value is -0.816. The van der Waals surface area contributed by atoms with E-state index in [9.17, 15) is 4.79 Å². The summed E-state index contributed by atoms with van der Waals surface area (Å²) in [6, 6.07) is 0. The van der Waals surface area contributed by atoms with Gasteiger partial charge in [-0.25, -0.2) is 0 Å². The van der Waals surface area contributed by atoms with Crippen LogP contribution in [0.3, 0.4) is 0 Å². The van der Waals surface area contributed by atoms with Crippen molar-refractivity contribution in [2.45, 2.75) is 77.8 Å². The van der Waals surface area contributed by atoms with Crippen LogP contribution in [0.5, 0.6) is 0 Å². The molecule has 0 aromatic carbocycles. The number of aldehydes is 1. The van der Waals surface area contributed by atoms with E-state index in [4.69, 9.17) is 5.11 Å². The molecule has 0 fully saturated rings. The lowest BCUT2D eigenvalue weighted by molar-refractivity contribution is -0.107. The van der Waals surface area contributed by atoms with Crippen LogP contribution in [0.25, 0.3) is 0 Å². The monoisotopic (exact) mass is 338 g/mol. The van der Waals surface area contributed by atoms with Crippen molar-refractivity contribution in [3.05, 3.63) is 0 Å². The molecular formula is C18H34O2Si2. The second kappa shape index (κ2) is 13.8. The summed E-state index contributed by atoms with van der Waals surface area (Å²) in [5.74, 6) is 6.27. The zero-order chi connectivity index (χ0) is 17.5. The number of aliphatic hydroxyl groups is 1. The van der Waals surface area contributed by atoms with Crippen LogP contribution in [-0.2, 0) is 4.79 Å². The quantitative estimate of drug-likeness (QED) is 0.340. The second-order valence-electron chi connectivity index (χ2n) is 7.34. The van der Waals surface area contributed by atoms with E-state index < -0.39 is 16.1 Å². The Bertz CT molecular complexity index is 395. The van der Waals surface area contributed by atoms with Crippen molar-refractivity contribution >= 4 is 22.4 Å². The molecule has 0 rings (SSSR count). The number of aliphatic hydroxyl groups excluding tert-OH is 1. The highest BCUT2D eigenvalue weighted by Gasteiger charge is 2.07. The van der Waals surface area contributed by atoms with Crippen LogP contribution >= 0.6 is 0 Å². The first-order valence-corrected chi connectivity index (χ1v) is 15.2. The van der Waals surface area contributed by atoms with Gasteiger partial charge in [-0.1, -0.05) is 39.3 Å². The van der Waals surface area contributed by atoms with Gasteiger partial charge >= 0.3 is 0 Å². The first-order chi connectivity index (χ1) is 10.1. The molecule has 0 unspecified atom stereocenters. The van der Waals surface area contributed by atoms with Gasteiger partial charge in [-0.3, -0.25) is 0 Å². The van der Waals surface area contributed by atoms with Gasteiger partial charge in [0.25, 0.3) is 0 Å². The lowest BCUT2D eigenvalue weighted by atomic mass is 10.2. The number of unbranched alkanes of at least 4 members (excludes halogenated alkanes) is 4. The van der Waals surface area contributed by atoms with Gasteiger partial charge in [-0.05, 0) is 19.3 Å². The van der Waals surface area contributed by atoms with Crippen LogP contribution in [0.1, 0.15) is 38.5 Å². The normalized spacial score (nSPS) is 10.3. The predicted molar refractivity (Wildman–Crippen MR) is 103 cm³/mol. The fourth-order valence-corrected chi connectivity index (χ4v) is 2.56. The van der Waals surface area contributed by atoms with Crippen molar-refractivity contribution in [2.24, 2.45) is 0 Å². The first-order valence-electron chi connectivity index (χ1n) is 8.17. The van der Waals surface area contributed by atoms with Gasteiger partial charge in [-0.15, -0.1) is 22.9 Å². The van der Waals surface area contributed by atoms with Crippen molar-refractivity contribution in [3.63, 3.8) is 0 Å². The van der Waals surface area contributed by atoms with Crippen LogP contribution in [0.4, 0.5) is 0 Å². The molecule has 0 aromatic rings. The Morgan fingerprint density at radius 1 is 0.818 bits per heavy atom. The minimum atomic E-state index is -1.17. The van der Waals surface area contributed by atoms with E-state index in [-0.39, 0.29) is 0 Å². The van der Waals surface area contributed by atoms with Crippen LogP contribution < -0.4 is 0 Å². The molecule has 0 heterocycles. The minimum absolute atomic E-state index is 0.300. The van der Waals surface area contributed by atoms with E-state index in [0.717, 1.165) is 38.4 Å². The van der Waals surface area contributed by atoms with Crippen molar-refractivity contribution in [1.82, 2.24) is 0 Å². The topological polar surface area (TPSA) is 37.3 Å². The number of hydrogen-bond donors (Lipinski definition) is 1. The first kappa shape index (κ1) is 23.4. The molecule has 0 amide bonds. The lowest BCUT2D eigenvalue weighted by Crippen LogP contribution is -2.16. The van der Waals surface area contributed by atoms with Crippen LogP contribution in [0.2, 0.25) is 39.3 Å². The highest BCUT2D eigenvalue weighted by Crippen LogP contribution is 1.99. The average molecular weight is 339 g/mol. The Labute approximate surface area is 140 Å². The third-order valence-electron chi connectivity index (χ3n) is 2.26. The minimum Gasteiger partial charge on any atom is -0.396 e. The third-order valence-corrected chi connectivity index (χ3v) is 4.11. The molecule has 0 aliphatic carbocycles. The zero-order valence-electron chi connectivity index (χ0n) is 15.4. The summed E-state index contributed by atoms with van der Waals surface area (Å²) < 4.78 is 0. The number of rotatable bonds is 6. The Balaban J connectivity index is 0. The zero-order valence-corrected chi connectivity index (χ0v) is 17.4. The molecule has 0 atom stereocenters. The summed E-state index contributed by atoms with van der Waals surface area (Å²) in [5.41, 5.74) is 6.54. The van der Waals surface area contributed by atoms with Crippen molar-refractivity contribution < 1.29 is 9.90 Å². The van der Waals surface area contributed by atoms with Gasteiger partial charge in [0, 0.05) is 25.9 Å². The molecule has 1 N–H and O–H groups in total. The number of carbonyl (C=O) groups excluding carboxylic acids is 1. The van der Waals surface area contributed by atoms with Gasteiger partial charge in [0.05, 0.1) is 0 Å². The summed E-state index contributed by atoms with van der Waals surface area (Å²) >= 11 is 0. The summed E-state index contributed by atoms with van der Waals surface area (Å²) in [6.45, 7) is 13.7. The smallest absolute Gasteiger partial charge is 0.129 e. The van der Waals surface area contributed by atoms with E-state index in [1.54, 1.807) is 0 Å². The maximum atomic E-state index is 9.93. The van der Waals surface area contributed by atoms with Crippen LogP contribution in [-0.4, -0.2) is 34.1 Å². The molecule has 0 bridgehead atoms. The molecule has 4 heteroatoms. The molecule has 0 saturated carbocycles. The molecule has 126 valence electrons. The van der Waals surface area contributed by atoms with E-state index in [1.165, 1.54) is 0 Å². The summed E-state index contributed by atoms with van der Waals surface area (Å²) in [6.07, 6.45) is 6.28. The maximum Gasteiger partial charge on any atom is 0.129 e. The molecule has 2 nitrogen and oxygen atoms in total. The molecular weight excluding hydrogens is 304 g/mol. The standard InChI is InChI=1S/C9H18OSi.C9H16OSi/c2*1-11(2,3)9-7-5-4-6-8-10/h10H,4-6,8H2,1-3H3;8H,4-6H2,1-3H3. The van der Waals surface area contributed by atoms with Crippen LogP contribution in [0.15, 0.2) is 0 Å². The number of carbonyl (C=O) groups is 1. The van der Waals surface area contributed by atoms with Gasteiger partial charge in [-0.2, -0.15) is 0 Å². The van der Waals surface area contributed by atoms with Crippen LogP contribution in [0, 0.1) is 22.9 Å². The van der Waals surface area contributed by atoms with Gasteiger partial charge in [0.1, 0.15) is 22.4 Å². The summed E-state index contributed by atoms with van der Waals surface area (Å²) in [5, 5.41) is 8.49. The average Bonchev–Trinajstić information content (AvgIpc) is 2.36. The Morgan fingerprint density at radius 3 is 1.64 bits per heavy atom. The van der Waals surface area contributed by atoms with Crippen molar-refractivity contribution in [2.75, 3.05) is 6.61 Å². The van der Waals surface area contributed by atoms with Gasteiger partial charge < -0.3 is 9.90 Å². The fraction of sp³-hybridized carbons (Fsp3) is 0.722. The molecule has 0 aromatic heterocycles. The predicted octanol–water partition coefficient (Wildman–Crippen LogP) is 4.27. The maximum absolute atomic E-state index is 9.93. The van der Waals surface area contributed by atoms with Crippen molar-refractivity contribution in [1.29, 1.82) is 0 Å². The van der Waals surface area contributed by atoms with Gasteiger partial charge in [0.15, 0.2) is 0 Å². The molecule has 0 aliphatic rings.